The molecule has 2 N–H and O–H groups in total. The summed E-state index contributed by atoms with van der Waals surface area (Å²) < 4.78 is 0. The number of carbonyl (C=O) groups excluding carboxylic acids is 2. The van der Waals surface area contributed by atoms with Crippen LogP contribution in [0.5, 0.6) is 0 Å². The lowest BCUT2D eigenvalue weighted by Gasteiger charge is -2.27. The molecule has 0 radical (unpaired) electrons. The van der Waals surface area contributed by atoms with Crippen LogP contribution in [0, 0.1) is 11.8 Å². The number of pyridine rings is 1. The van der Waals surface area contributed by atoms with Crippen LogP contribution >= 0.6 is 0 Å². The van der Waals surface area contributed by atoms with Crippen LogP contribution in [0.4, 0.5) is 5.69 Å². The summed E-state index contributed by atoms with van der Waals surface area (Å²) in [6.45, 7) is 0.501. The second-order valence-corrected chi connectivity index (χ2v) is 6.48. The van der Waals surface area contributed by atoms with E-state index in [9.17, 15) is 9.59 Å². The van der Waals surface area contributed by atoms with Crippen molar-refractivity contribution in [2.45, 2.75) is 32.2 Å². The molecule has 0 aliphatic heterocycles. The normalized spacial score (nSPS) is 19.8. The van der Waals surface area contributed by atoms with Gasteiger partial charge in [0.1, 0.15) is 0 Å². The summed E-state index contributed by atoms with van der Waals surface area (Å²) in [4.78, 5) is 28.7. The van der Waals surface area contributed by atoms with Crippen LogP contribution < -0.4 is 10.6 Å². The average Bonchev–Trinajstić information content (AvgIpc) is 2.68. The highest BCUT2D eigenvalue weighted by atomic mass is 16.2. The lowest BCUT2D eigenvalue weighted by Crippen LogP contribution is -2.35. The Morgan fingerprint density at radius 3 is 2.24 bits per heavy atom. The summed E-state index contributed by atoms with van der Waals surface area (Å²) in [5.74, 6) is 0.117. The molecule has 130 valence electrons. The number of hydrogen-bond donors (Lipinski definition) is 2. The fourth-order valence-electron chi connectivity index (χ4n) is 3.22. The number of anilines is 1. The lowest BCUT2D eigenvalue weighted by molar-refractivity contribution is -0.128. The summed E-state index contributed by atoms with van der Waals surface area (Å²) in [7, 11) is 0. The van der Waals surface area contributed by atoms with E-state index in [1.165, 1.54) is 0 Å². The van der Waals surface area contributed by atoms with E-state index in [-0.39, 0.29) is 23.7 Å². The molecule has 1 fully saturated rings. The molecule has 0 bridgehead atoms. The molecule has 0 atom stereocenters. The minimum Gasteiger partial charge on any atom is -0.352 e. The van der Waals surface area contributed by atoms with Gasteiger partial charge in [0, 0.05) is 36.5 Å². The van der Waals surface area contributed by atoms with Crippen LogP contribution in [0.2, 0.25) is 0 Å². The molecule has 2 amide bonds. The van der Waals surface area contributed by atoms with Gasteiger partial charge in [-0.2, -0.15) is 0 Å². The number of carbonyl (C=O) groups is 2. The molecule has 1 aliphatic carbocycles. The van der Waals surface area contributed by atoms with Gasteiger partial charge >= 0.3 is 0 Å². The van der Waals surface area contributed by atoms with Crippen molar-refractivity contribution in [1.29, 1.82) is 0 Å². The molecule has 25 heavy (non-hydrogen) atoms. The zero-order valence-corrected chi connectivity index (χ0v) is 14.2. The number of para-hydroxylation sites is 1. The van der Waals surface area contributed by atoms with Gasteiger partial charge < -0.3 is 10.6 Å². The molecule has 0 unspecified atom stereocenters. The zero-order valence-electron chi connectivity index (χ0n) is 14.2. The van der Waals surface area contributed by atoms with E-state index in [2.05, 4.69) is 15.6 Å². The third kappa shape index (κ3) is 4.89. The van der Waals surface area contributed by atoms with Crippen molar-refractivity contribution in [2.75, 3.05) is 5.32 Å². The van der Waals surface area contributed by atoms with Gasteiger partial charge in [-0.25, -0.2) is 0 Å². The van der Waals surface area contributed by atoms with Crippen molar-refractivity contribution in [3.05, 3.63) is 60.4 Å². The van der Waals surface area contributed by atoms with Gasteiger partial charge in [-0.05, 0) is 49.4 Å². The maximum Gasteiger partial charge on any atom is 0.227 e. The fraction of sp³-hybridized carbons (Fsp3) is 0.350. The van der Waals surface area contributed by atoms with Crippen LogP contribution in [0.25, 0.3) is 0 Å². The van der Waals surface area contributed by atoms with Crippen molar-refractivity contribution in [3.63, 3.8) is 0 Å². The van der Waals surface area contributed by atoms with Crippen LogP contribution in [-0.2, 0) is 16.1 Å². The highest BCUT2D eigenvalue weighted by Gasteiger charge is 2.29. The number of aromatic nitrogens is 1. The summed E-state index contributed by atoms with van der Waals surface area (Å²) >= 11 is 0. The molecule has 1 aliphatic rings. The Hall–Kier alpha value is -2.69. The number of hydrogen-bond acceptors (Lipinski definition) is 3. The van der Waals surface area contributed by atoms with Crippen LogP contribution in [0.3, 0.4) is 0 Å². The number of amides is 2. The van der Waals surface area contributed by atoms with E-state index in [0.29, 0.717) is 6.54 Å². The third-order valence-electron chi connectivity index (χ3n) is 4.70. The maximum atomic E-state index is 12.3. The second-order valence-electron chi connectivity index (χ2n) is 6.48. The Kier molecular flexibility index (Phi) is 5.77. The van der Waals surface area contributed by atoms with Gasteiger partial charge in [0.25, 0.3) is 0 Å². The van der Waals surface area contributed by atoms with Gasteiger partial charge in [0.15, 0.2) is 0 Å². The lowest BCUT2D eigenvalue weighted by atomic mass is 9.81. The molecule has 1 aromatic carbocycles. The van der Waals surface area contributed by atoms with Crippen LogP contribution in [0.1, 0.15) is 31.2 Å². The smallest absolute Gasteiger partial charge is 0.227 e. The van der Waals surface area contributed by atoms with Crippen molar-refractivity contribution in [3.8, 4) is 0 Å². The summed E-state index contributed by atoms with van der Waals surface area (Å²) in [5.41, 5.74) is 1.82. The molecule has 5 nitrogen and oxygen atoms in total. The summed E-state index contributed by atoms with van der Waals surface area (Å²) in [6, 6.07) is 13.3. The summed E-state index contributed by atoms with van der Waals surface area (Å²) in [6.07, 6.45) is 6.49. The zero-order chi connectivity index (χ0) is 17.5. The molecule has 1 heterocycles. The first kappa shape index (κ1) is 17.1. The molecular weight excluding hydrogens is 314 g/mol. The highest BCUT2D eigenvalue weighted by Crippen LogP contribution is 2.30. The largest absolute Gasteiger partial charge is 0.352 e. The average molecular weight is 337 g/mol. The van der Waals surface area contributed by atoms with E-state index >= 15 is 0 Å². The monoisotopic (exact) mass is 337 g/mol. The first-order valence-electron chi connectivity index (χ1n) is 8.75. The Balaban J connectivity index is 1.43. The van der Waals surface area contributed by atoms with E-state index in [1.807, 2.05) is 42.5 Å². The Labute approximate surface area is 147 Å². The predicted molar refractivity (Wildman–Crippen MR) is 96.6 cm³/mol. The summed E-state index contributed by atoms with van der Waals surface area (Å²) in [5, 5.41) is 5.93. The number of nitrogens with one attached hydrogen (secondary N) is 2. The SMILES string of the molecule is O=C(NCc1cccnc1)C1CCC(C(=O)Nc2ccccc2)CC1. The van der Waals surface area contributed by atoms with E-state index in [1.54, 1.807) is 12.4 Å². The Bertz CT molecular complexity index is 695. The molecule has 0 saturated heterocycles. The van der Waals surface area contributed by atoms with E-state index in [4.69, 9.17) is 0 Å². The number of rotatable bonds is 5. The quantitative estimate of drug-likeness (QED) is 0.880. The standard InChI is InChI=1S/C20H23N3O2/c24-19(22-14-15-5-4-12-21-13-15)16-8-10-17(11-9-16)20(25)23-18-6-2-1-3-7-18/h1-7,12-13,16-17H,8-11,14H2,(H,22,24)(H,23,25). The first-order chi connectivity index (χ1) is 12.2. The fourth-order valence-corrected chi connectivity index (χ4v) is 3.22. The Morgan fingerprint density at radius 2 is 1.60 bits per heavy atom. The highest BCUT2D eigenvalue weighted by molar-refractivity contribution is 5.92. The van der Waals surface area contributed by atoms with Gasteiger partial charge in [-0.1, -0.05) is 24.3 Å². The first-order valence-corrected chi connectivity index (χ1v) is 8.75. The van der Waals surface area contributed by atoms with Gasteiger partial charge in [-0.15, -0.1) is 0 Å². The third-order valence-corrected chi connectivity index (χ3v) is 4.70. The molecule has 3 rings (SSSR count). The topological polar surface area (TPSA) is 71.1 Å². The molecule has 0 spiro atoms. The van der Waals surface area contributed by atoms with Crippen LogP contribution in [-0.4, -0.2) is 16.8 Å². The van der Waals surface area contributed by atoms with Gasteiger partial charge in [0.05, 0.1) is 0 Å². The van der Waals surface area contributed by atoms with E-state index in [0.717, 1.165) is 36.9 Å². The van der Waals surface area contributed by atoms with Crippen molar-refractivity contribution >= 4 is 17.5 Å². The number of nitrogens with zero attached hydrogens (tertiary/aromatic N) is 1. The molecule has 1 saturated carbocycles. The molecule has 1 aromatic heterocycles. The van der Waals surface area contributed by atoms with Crippen LogP contribution in [0.15, 0.2) is 54.9 Å². The minimum atomic E-state index is -0.0115. The van der Waals surface area contributed by atoms with Crippen molar-refractivity contribution in [2.24, 2.45) is 11.8 Å². The maximum absolute atomic E-state index is 12.3. The van der Waals surface area contributed by atoms with E-state index < -0.39 is 0 Å². The molecular formula is C20H23N3O2. The van der Waals surface area contributed by atoms with Gasteiger partial charge in [-0.3, -0.25) is 14.6 Å². The number of benzene rings is 1. The van der Waals surface area contributed by atoms with Crippen molar-refractivity contribution in [1.82, 2.24) is 10.3 Å². The Morgan fingerprint density at radius 1 is 0.920 bits per heavy atom. The second kappa shape index (κ2) is 8.42. The molecule has 2 aromatic rings. The van der Waals surface area contributed by atoms with Crippen molar-refractivity contribution < 1.29 is 9.59 Å². The molecule has 5 heteroatoms. The predicted octanol–water partition coefficient (Wildman–Crippen LogP) is 3.14. The minimum absolute atomic E-state index is 0.00236. The van der Waals surface area contributed by atoms with Gasteiger partial charge in [0.2, 0.25) is 11.8 Å².